The molecule has 0 amide bonds. The van der Waals surface area contributed by atoms with Gasteiger partial charge < -0.3 is 9.47 Å². The first-order valence-electron chi connectivity index (χ1n) is 4.82. The molecule has 0 fully saturated rings. The van der Waals surface area contributed by atoms with Crippen molar-refractivity contribution in [2.45, 2.75) is 26.2 Å². The minimum absolute atomic E-state index is 0.264. The molecule has 0 unspecified atom stereocenters. The molecule has 0 heterocycles. The Morgan fingerprint density at radius 1 is 1.29 bits per heavy atom. The fourth-order valence-electron chi connectivity index (χ4n) is 0.888. The van der Waals surface area contributed by atoms with Crippen molar-refractivity contribution in [2.75, 3.05) is 13.7 Å². The van der Waals surface area contributed by atoms with Crippen molar-refractivity contribution in [1.29, 1.82) is 0 Å². The zero-order valence-electron chi connectivity index (χ0n) is 8.86. The standard InChI is InChI=1S/C11H18O3/c1-3-14-11(12)9-7-5-4-6-8-10-13-2/h7-10H,3-6H2,1-2H3/b9-7+,10-8-. The number of unbranched alkanes of at least 4 members (excludes halogenated alkanes) is 2. The van der Waals surface area contributed by atoms with Gasteiger partial charge in [0.25, 0.3) is 0 Å². The summed E-state index contributed by atoms with van der Waals surface area (Å²) < 4.78 is 9.47. The van der Waals surface area contributed by atoms with Gasteiger partial charge in [0.2, 0.25) is 0 Å². The number of allylic oxidation sites excluding steroid dienone is 2. The Hall–Kier alpha value is -1.25. The van der Waals surface area contributed by atoms with Crippen molar-refractivity contribution in [3.8, 4) is 0 Å². The fourth-order valence-corrected chi connectivity index (χ4v) is 0.888. The first-order chi connectivity index (χ1) is 6.81. The summed E-state index contributed by atoms with van der Waals surface area (Å²) in [4.78, 5) is 10.8. The lowest BCUT2D eigenvalue weighted by Crippen LogP contribution is -1.98. The lowest BCUT2D eigenvalue weighted by Gasteiger charge is -1.94. The van der Waals surface area contributed by atoms with Crippen LogP contribution in [0.2, 0.25) is 0 Å². The molecule has 14 heavy (non-hydrogen) atoms. The Morgan fingerprint density at radius 3 is 2.64 bits per heavy atom. The van der Waals surface area contributed by atoms with Crippen LogP contribution >= 0.6 is 0 Å². The van der Waals surface area contributed by atoms with Gasteiger partial charge in [-0.1, -0.05) is 6.08 Å². The highest BCUT2D eigenvalue weighted by Gasteiger charge is 1.91. The summed E-state index contributed by atoms with van der Waals surface area (Å²) in [5.74, 6) is -0.264. The zero-order valence-corrected chi connectivity index (χ0v) is 8.86. The number of esters is 1. The van der Waals surface area contributed by atoms with Crippen LogP contribution in [0.1, 0.15) is 26.2 Å². The van der Waals surface area contributed by atoms with Crippen LogP contribution in [-0.2, 0) is 14.3 Å². The molecule has 0 aromatic carbocycles. The highest BCUT2D eigenvalue weighted by atomic mass is 16.5. The molecule has 0 aliphatic rings. The molecule has 0 aliphatic heterocycles. The maximum Gasteiger partial charge on any atom is 0.330 e. The third-order valence-electron chi connectivity index (χ3n) is 1.51. The monoisotopic (exact) mass is 198 g/mol. The van der Waals surface area contributed by atoms with Gasteiger partial charge in [-0.2, -0.15) is 0 Å². The molecule has 0 aromatic heterocycles. The predicted molar refractivity (Wildman–Crippen MR) is 55.8 cm³/mol. The first kappa shape index (κ1) is 12.8. The Kier molecular flexibility index (Phi) is 8.96. The summed E-state index contributed by atoms with van der Waals surface area (Å²) in [7, 11) is 1.62. The van der Waals surface area contributed by atoms with Gasteiger partial charge in [-0.3, -0.25) is 0 Å². The molecule has 0 saturated carbocycles. The van der Waals surface area contributed by atoms with Gasteiger partial charge >= 0.3 is 5.97 Å². The van der Waals surface area contributed by atoms with Crippen LogP contribution in [0, 0.1) is 0 Å². The average molecular weight is 198 g/mol. The second-order valence-electron chi connectivity index (χ2n) is 2.69. The van der Waals surface area contributed by atoms with Gasteiger partial charge in [0.05, 0.1) is 20.0 Å². The molecule has 80 valence electrons. The van der Waals surface area contributed by atoms with E-state index in [0.717, 1.165) is 19.3 Å². The number of methoxy groups -OCH3 is 1. The van der Waals surface area contributed by atoms with Crippen molar-refractivity contribution < 1.29 is 14.3 Å². The van der Waals surface area contributed by atoms with Crippen LogP contribution in [-0.4, -0.2) is 19.7 Å². The van der Waals surface area contributed by atoms with Crippen LogP contribution in [0.15, 0.2) is 24.5 Å². The summed E-state index contributed by atoms with van der Waals surface area (Å²) in [6, 6.07) is 0. The topological polar surface area (TPSA) is 35.5 Å². The molecule has 0 aliphatic carbocycles. The van der Waals surface area contributed by atoms with E-state index in [1.807, 2.05) is 12.2 Å². The third-order valence-corrected chi connectivity index (χ3v) is 1.51. The van der Waals surface area contributed by atoms with Crippen LogP contribution in [0.3, 0.4) is 0 Å². The largest absolute Gasteiger partial charge is 0.505 e. The Bertz CT molecular complexity index is 195. The van der Waals surface area contributed by atoms with E-state index in [9.17, 15) is 4.79 Å². The maximum atomic E-state index is 10.8. The van der Waals surface area contributed by atoms with Crippen molar-refractivity contribution in [2.24, 2.45) is 0 Å². The number of carbonyl (C=O) groups is 1. The van der Waals surface area contributed by atoms with Crippen molar-refractivity contribution in [3.05, 3.63) is 24.5 Å². The van der Waals surface area contributed by atoms with E-state index in [0.29, 0.717) is 6.61 Å². The first-order valence-corrected chi connectivity index (χ1v) is 4.82. The zero-order chi connectivity index (χ0) is 10.6. The van der Waals surface area contributed by atoms with Gasteiger partial charge in [0.1, 0.15) is 0 Å². The normalized spacial score (nSPS) is 11.0. The average Bonchev–Trinajstić information content (AvgIpc) is 2.17. The molecule has 0 radical (unpaired) electrons. The lowest BCUT2D eigenvalue weighted by atomic mass is 10.2. The van der Waals surface area contributed by atoms with E-state index in [1.165, 1.54) is 6.08 Å². The van der Waals surface area contributed by atoms with Crippen LogP contribution < -0.4 is 0 Å². The summed E-state index contributed by atoms with van der Waals surface area (Å²) in [5, 5.41) is 0. The lowest BCUT2D eigenvalue weighted by molar-refractivity contribution is -0.137. The number of rotatable bonds is 7. The van der Waals surface area contributed by atoms with Crippen LogP contribution in [0.25, 0.3) is 0 Å². The quantitative estimate of drug-likeness (QED) is 0.273. The molecule has 0 aromatic rings. The molecule has 3 heteroatoms. The van der Waals surface area contributed by atoms with Crippen molar-refractivity contribution >= 4 is 5.97 Å². The third kappa shape index (κ3) is 8.84. The maximum absolute atomic E-state index is 10.8. The SMILES string of the molecule is CCOC(=O)/C=C/CCC/C=C\OC. The van der Waals surface area contributed by atoms with Crippen LogP contribution in [0.5, 0.6) is 0 Å². The Labute approximate surface area is 85.4 Å². The summed E-state index contributed by atoms with van der Waals surface area (Å²) in [5.41, 5.74) is 0. The number of ether oxygens (including phenoxy) is 2. The number of hydrogen-bond donors (Lipinski definition) is 0. The van der Waals surface area contributed by atoms with Crippen molar-refractivity contribution in [1.82, 2.24) is 0 Å². The molecule has 0 saturated heterocycles. The predicted octanol–water partition coefficient (Wildman–Crippen LogP) is 2.44. The number of hydrogen-bond acceptors (Lipinski definition) is 3. The molecule has 3 nitrogen and oxygen atoms in total. The van der Waals surface area contributed by atoms with Crippen molar-refractivity contribution in [3.63, 3.8) is 0 Å². The highest BCUT2D eigenvalue weighted by Crippen LogP contribution is 1.98. The minimum atomic E-state index is -0.264. The second-order valence-corrected chi connectivity index (χ2v) is 2.69. The smallest absolute Gasteiger partial charge is 0.330 e. The van der Waals surface area contributed by atoms with Crippen LogP contribution in [0.4, 0.5) is 0 Å². The Morgan fingerprint density at radius 2 is 2.00 bits per heavy atom. The van der Waals surface area contributed by atoms with E-state index in [4.69, 9.17) is 9.47 Å². The molecule has 0 rings (SSSR count). The fraction of sp³-hybridized carbons (Fsp3) is 0.545. The molecule has 0 N–H and O–H groups in total. The second kappa shape index (κ2) is 9.84. The molecule has 0 atom stereocenters. The van der Waals surface area contributed by atoms with E-state index in [2.05, 4.69) is 0 Å². The van der Waals surface area contributed by atoms with Gasteiger partial charge in [0.15, 0.2) is 0 Å². The summed E-state index contributed by atoms with van der Waals surface area (Å²) in [6.45, 7) is 2.22. The highest BCUT2D eigenvalue weighted by molar-refractivity contribution is 5.81. The van der Waals surface area contributed by atoms with Gasteiger partial charge in [-0.05, 0) is 32.3 Å². The molecular weight excluding hydrogens is 180 g/mol. The summed E-state index contributed by atoms with van der Waals surface area (Å²) >= 11 is 0. The Balaban J connectivity index is 3.35. The van der Waals surface area contributed by atoms with Gasteiger partial charge in [-0.15, -0.1) is 0 Å². The summed E-state index contributed by atoms with van der Waals surface area (Å²) in [6.07, 6.45) is 9.78. The van der Waals surface area contributed by atoms with E-state index in [1.54, 1.807) is 20.3 Å². The van der Waals surface area contributed by atoms with E-state index in [-0.39, 0.29) is 5.97 Å². The molecular formula is C11H18O3. The van der Waals surface area contributed by atoms with Gasteiger partial charge in [-0.25, -0.2) is 4.79 Å². The number of carbonyl (C=O) groups excluding carboxylic acids is 1. The minimum Gasteiger partial charge on any atom is -0.505 e. The van der Waals surface area contributed by atoms with Gasteiger partial charge in [0, 0.05) is 6.08 Å². The van der Waals surface area contributed by atoms with E-state index < -0.39 is 0 Å². The molecule has 0 spiro atoms. The van der Waals surface area contributed by atoms with E-state index >= 15 is 0 Å². The molecule has 0 bridgehead atoms.